The first-order valence-corrected chi connectivity index (χ1v) is 9.18. The fourth-order valence-electron chi connectivity index (χ4n) is 3.47. The van der Waals surface area contributed by atoms with Gasteiger partial charge in [-0.2, -0.15) is 0 Å². The normalized spacial score (nSPS) is 17.0. The van der Waals surface area contributed by atoms with E-state index in [0.717, 1.165) is 18.4 Å². The van der Waals surface area contributed by atoms with E-state index in [4.69, 9.17) is 9.47 Å². The Balaban J connectivity index is 2.15. The number of amides is 1. The largest absolute Gasteiger partial charge is 0.355 e. The summed E-state index contributed by atoms with van der Waals surface area (Å²) in [5.41, 5.74) is 2.18. The van der Waals surface area contributed by atoms with Crippen LogP contribution in [0, 0.1) is 6.92 Å². The second kappa shape index (κ2) is 9.90. The zero-order chi connectivity index (χ0) is 18.2. The van der Waals surface area contributed by atoms with Gasteiger partial charge in [0.1, 0.15) is 6.04 Å². The number of rotatable bonds is 8. The molecule has 1 aromatic carbocycles. The van der Waals surface area contributed by atoms with E-state index in [1.807, 2.05) is 36.2 Å². The van der Waals surface area contributed by atoms with E-state index in [9.17, 15) is 4.79 Å². The summed E-state index contributed by atoms with van der Waals surface area (Å²) in [4.78, 5) is 15.1. The van der Waals surface area contributed by atoms with Gasteiger partial charge in [-0.3, -0.25) is 9.69 Å². The Labute approximate surface area is 151 Å². The molecule has 0 unspecified atom stereocenters. The van der Waals surface area contributed by atoms with Gasteiger partial charge >= 0.3 is 0 Å². The number of nitrogens with zero attached hydrogens (tertiary/aromatic N) is 1. The van der Waals surface area contributed by atoms with Crippen molar-refractivity contribution >= 4 is 5.91 Å². The van der Waals surface area contributed by atoms with E-state index in [-0.39, 0.29) is 18.2 Å². The number of carbonyl (C=O) groups excluding carboxylic acids is 1. The first kappa shape index (κ1) is 19.9. The van der Waals surface area contributed by atoms with Crippen molar-refractivity contribution in [1.82, 2.24) is 10.2 Å². The van der Waals surface area contributed by atoms with Crippen LogP contribution < -0.4 is 5.32 Å². The second-order valence-corrected chi connectivity index (χ2v) is 7.00. The Morgan fingerprint density at radius 1 is 1.16 bits per heavy atom. The summed E-state index contributed by atoms with van der Waals surface area (Å²) in [5.74, 6) is 0.0595. The number of aryl methyl sites for hydroxylation is 1. The van der Waals surface area contributed by atoms with Gasteiger partial charge < -0.3 is 14.8 Å². The first-order valence-electron chi connectivity index (χ1n) is 9.18. The molecule has 1 amide bonds. The Morgan fingerprint density at radius 3 is 2.32 bits per heavy atom. The highest BCUT2D eigenvalue weighted by atomic mass is 16.7. The minimum Gasteiger partial charge on any atom is -0.355 e. The SMILES string of the molecule is COC(CN(C)[C@H](C(=O)NC1CCCCC1)c1ccc(C)cc1)OC. The Bertz CT molecular complexity index is 522. The first-order chi connectivity index (χ1) is 12.0. The molecule has 1 N–H and O–H groups in total. The molecule has 1 fully saturated rings. The number of methoxy groups -OCH3 is 2. The van der Waals surface area contributed by atoms with Gasteiger partial charge in [-0.15, -0.1) is 0 Å². The van der Waals surface area contributed by atoms with Gasteiger partial charge in [0.25, 0.3) is 0 Å². The third-order valence-corrected chi connectivity index (χ3v) is 5.00. The van der Waals surface area contributed by atoms with Gasteiger partial charge in [0, 0.05) is 20.3 Å². The Hall–Kier alpha value is -1.43. The quantitative estimate of drug-likeness (QED) is 0.734. The molecule has 1 aliphatic rings. The number of ether oxygens (including phenoxy) is 2. The number of benzene rings is 1. The maximum absolute atomic E-state index is 13.1. The van der Waals surface area contributed by atoms with Crippen molar-refractivity contribution in [2.24, 2.45) is 0 Å². The van der Waals surface area contributed by atoms with Crippen LogP contribution in [0.2, 0.25) is 0 Å². The lowest BCUT2D eigenvalue weighted by Crippen LogP contribution is -2.46. The lowest BCUT2D eigenvalue weighted by atomic mass is 9.94. The molecular formula is C20H32N2O3. The molecular weight excluding hydrogens is 316 g/mol. The molecule has 5 nitrogen and oxygen atoms in total. The van der Waals surface area contributed by atoms with Gasteiger partial charge in [0.15, 0.2) is 6.29 Å². The van der Waals surface area contributed by atoms with Crippen molar-refractivity contribution < 1.29 is 14.3 Å². The molecule has 0 radical (unpaired) electrons. The monoisotopic (exact) mass is 348 g/mol. The molecule has 0 aliphatic heterocycles. The van der Waals surface area contributed by atoms with Gasteiger partial charge in [-0.1, -0.05) is 49.1 Å². The molecule has 0 bridgehead atoms. The third kappa shape index (κ3) is 5.80. The third-order valence-electron chi connectivity index (χ3n) is 5.00. The van der Waals surface area contributed by atoms with Crippen LogP contribution in [0.1, 0.15) is 49.3 Å². The van der Waals surface area contributed by atoms with Crippen LogP contribution in [-0.2, 0) is 14.3 Å². The van der Waals surface area contributed by atoms with E-state index in [1.165, 1.54) is 24.8 Å². The molecule has 25 heavy (non-hydrogen) atoms. The van der Waals surface area contributed by atoms with Crippen LogP contribution in [0.15, 0.2) is 24.3 Å². The fraction of sp³-hybridized carbons (Fsp3) is 0.650. The van der Waals surface area contributed by atoms with E-state index in [2.05, 4.69) is 12.2 Å². The predicted octanol–water partition coefficient (Wildman–Crippen LogP) is 3.04. The topological polar surface area (TPSA) is 50.8 Å². The molecule has 1 aliphatic carbocycles. The average Bonchev–Trinajstić information content (AvgIpc) is 2.62. The summed E-state index contributed by atoms with van der Waals surface area (Å²) in [6, 6.07) is 8.11. The highest BCUT2D eigenvalue weighted by molar-refractivity contribution is 5.83. The summed E-state index contributed by atoms with van der Waals surface area (Å²) in [7, 11) is 5.17. The molecule has 0 aromatic heterocycles. The molecule has 0 heterocycles. The minimum atomic E-state index is -0.361. The molecule has 5 heteroatoms. The predicted molar refractivity (Wildman–Crippen MR) is 99.4 cm³/mol. The van der Waals surface area contributed by atoms with E-state index >= 15 is 0 Å². The van der Waals surface area contributed by atoms with Crippen molar-refractivity contribution in [1.29, 1.82) is 0 Å². The zero-order valence-electron chi connectivity index (χ0n) is 16.0. The van der Waals surface area contributed by atoms with Crippen LogP contribution in [0.4, 0.5) is 0 Å². The van der Waals surface area contributed by atoms with Gasteiger partial charge in [0.2, 0.25) is 5.91 Å². The zero-order valence-corrected chi connectivity index (χ0v) is 16.0. The van der Waals surface area contributed by atoms with E-state index in [0.29, 0.717) is 12.6 Å². The van der Waals surface area contributed by atoms with Crippen LogP contribution >= 0.6 is 0 Å². The Kier molecular flexibility index (Phi) is 7.88. The van der Waals surface area contributed by atoms with Crippen LogP contribution in [0.3, 0.4) is 0 Å². The minimum absolute atomic E-state index is 0.0595. The van der Waals surface area contributed by atoms with Crippen LogP contribution in [-0.4, -0.2) is 51.0 Å². The maximum Gasteiger partial charge on any atom is 0.242 e. The lowest BCUT2D eigenvalue weighted by Gasteiger charge is -2.32. The molecule has 140 valence electrons. The standard InChI is InChI=1S/C20H32N2O3/c1-15-10-12-16(13-11-15)19(22(2)14-18(24-3)25-4)20(23)21-17-8-6-5-7-9-17/h10-13,17-19H,5-9,14H2,1-4H3,(H,21,23)/t19-/m0/s1. The molecule has 2 rings (SSSR count). The summed E-state index contributed by atoms with van der Waals surface area (Å²) in [5, 5.41) is 3.26. The molecule has 1 atom stereocenters. The van der Waals surface area contributed by atoms with Crippen molar-refractivity contribution in [2.75, 3.05) is 27.8 Å². The summed E-state index contributed by atoms with van der Waals surface area (Å²) >= 11 is 0. The Morgan fingerprint density at radius 2 is 1.76 bits per heavy atom. The van der Waals surface area contributed by atoms with E-state index < -0.39 is 0 Å². The second-order valence-electron chi connectivity index (χ2n) is 7.00. The number of likely N-dealkylation sites (N-methyl/N-ethyl adjacent to an activating group) is 1. The molecule has 1 saturated carbocycles. The van der Waals surface area contributed by atoms with Crippen molar-refractivity contribution in [3.8, 4) is 0 Å². The lowest BCUT2D eigenvalue weighted by molar-refractivity contribution is -0.135. The van der Waals surface area contributed by atoms with Crippen molar-refractivity contribution in [2.45, 2.75) is 57.4 Å². The van der Waals surface area contributed by atoms with Crippen molar-refractivity contribution in [3.63, 3.8) is 0 Å². The highest BCUT2D eigenvalue weighted by Crippen LogP contribution is 2.23. The number of hydrogen-bond acceptors (Lipinski definition) is 4. The van der Waals surface area contributed by atoms with Crippen molar-refractivity contribution in [3.05, 3.63) is 35.4 Å². The van der Waals surface area contributed by atoms with Gasteiger partial charge in [-0.05, 0) is 32.4 Å². The smallest absolute Gasteiger partial charge is 0.242 e. The van der Waals surface area contributed by atoms with Crippen LogP contribution in [0.5, 0.6) is 0 Å². The maximum atomic E-state index is 13.1. The highest BCUT2D eigenvalue weighted by Gasteiger charge is 2.29. The van der Waals surface area contributed by atoms with Crippen LogP contribution in [0.25, 0.3) is 0 Å². The fourth-order valence-corrected chi connectivity index (χ4v) is 3.47. The summed E-state index contributed by atoms with van der Waals surface area (Å²) < 4.78 is 10.6. The average molecular weight is 348 g/mol. The number of nitrogens with one attached hydrogen (secondary N) is 1. The molecule has 0 spiro atoms. The number of carbonyl (C=O) groups is 1. The summed E-state index contributed by atoms with van der Waals surface area (Å²) in [6.07, 6.45) is 5.47. The van der Waals surface area contributed by atoms with Gasteiger partial charge in [0.05, 0.1) is 6.54 Å². The molecule has 0 saturated heterocycles. The summed E-state index contributed by atoms with van der Waals surface area (Å²) in [6.45, 7) is 2.57. The van der Waals surface area contributed by atoms with E-state index in [1.54, 1.807) is 14.2 Å². The van der Waals surface area contributed by atoms with Gasteiger partial charge in [-0.25, -0.2) is 0 Å². The number of hydrogen-bond donors (Lipinski definition) is 1. The molecule has 1 aromatic rings.